The van der Waals surface area contributed by atoms with Crippen molar-refractivity contribution < 1.29 is 13.9 Å². The molecule has 2 aromatic carbocycles. The van der Waals surface area contributed by atoms with Gasteiger partial charge in [-0.15, -0.1) is 10.2 Å². The van der Waals surface area contributed by atoms with E-state index in [1.54, 1.807) is 43.3 Å². The minimum absolute atomic E-state index is 0.0709. The van der Waals surface area contributed by atoms with E-state index in [9.17, 15) is 4.79 Å². The molecule has 0 fully saturated rings. The molecule has 0 N–H and O–H groups in total. The summed E-state index contributed by atoms with van der Waals surface area (Å²) in [6, 6.07) is 14.4. The van der Waals surface area contributed by atoms with Gasteiger partial charge in [-0.2, -0.15) is 0 Å². The number of benzene rings is 2. The standard InChI is InChI=1S/C17H13BrN2O3/c1-11(16(21)12-2-6-14(18)7-3-12)23-15-8-4-13(5-9-15)17-20-19-10-22-17/h2-11H,1H3/t11-/m1/s1. The molecular weight excluding hydrogens is 360 g/mol. The number of halogens is 1. The highest BCUT2D eigenvalue weighted by Gasteiger charge is 2.17. The van der Waals surface area contributed by atoms with Crippen molar-refractivity contribution in [1.29, 1.82) is 0 Å². The molecule has 0 aliphatic heterocycles. The Balaban J connectivity index is 1.68. The maximum atomic E-state index is 12.3. The molecule has 0 saturated heterocycles. The summed E-state index contributed by atoms with van der Waals surface area (Å²) in [5, 5.41) is 7.47. The van der Waals surface area contributed by atoms with Gasteiger partial charge in [0.2, 0.25) is 18.1 Å². The van der Waals surface area contributed by atoms with Gasteiger partial charge in [0.05, 0.1) is 0 Å². The smallest absolute Gasteiger partial charge is 0.247 e. The first-order valence-electron chi connectivity index (χ1n) is 6.96. The molecule has 5 nitrogen and oxygen atoms in total. The second kappa shape index (κ2) is 6.75. The highest BCUT2D eigenvalue weighted by Crippen LogP contribution is 2.21. The van der Waals surface area contributed by atoms with Gasteiger partial charge in [0.25, 0.3) is 0 Å². The number of hydrogen-bond acceptors (Lipinski definition) is 5. The lowest BCUT2D eigenvalue weighted by Crippen LogP contribution is -2.23. The zero-order valence-corrected chi connectivity index (χ0v) is 13.9. The highest BCUT2D eigenvalue weighted by molar-refractivity contribution is 9.10. The average molecular weight is 373 g/mol. The van der Waals surface area contributed by atoms with Gasteiger partial charge in [-0.25, -0.2) is 0 Å². The number of carbonyl (C=O) groups is 1. The summed E-state index contributed by atoms with van der Waals surface area (Å²) in [7, 11) is 0. The Labute approximate surface area is 141 Å². The summed E-state index contributed by atoms with van der Waals surface area (Å²) in [5.41, 5.74) is 1.41. The fraction of sp³-hybridized carbons (Fsp3) is 0.118. The Morgan fingerprint density at radius 3 is 2.43 bits per heavy atom. The van der Waals surface area contributed by atoms with Crippen LogP contribution in [-0.2, 0) is 0 Å². The normalized spacial score (nSPS) is 11.9. The fourth-order valence-electron chi connectivity index (χ4n) is 2.08. The fourth-order valence-corrected chi connectivity index (χ4v) is 2.35. The van der Waals surface area contributed by atoms with Gasteiger partial charge >= 0.3 is 0 Å². The van der Waals surface area contributed by atoms with E-state index in [-0.39, 0.29) is 5.78 Å². The Morgan fingerprint density at radius 2 is 1.83 bits per heavy atom. The molecule has 1 heterocycles. The summed E-state index contributed by atoms with van der Waals surface area (Å²) in [6.45, 7) is 1.73. The number of rotatable bonds is 5. The number of nitrogens with zero attached hydrogens (tertiary/aromatic N) is 2. The lowest BCUT2D eigenvalue weighted by atomic mass is 10.1. The molecule has 0 spiro atoms. The van der Waals surface area contributed by atoms with Gasteiger partial charge in [0.15, 0.2) is 6.10 Å². The molecule has 116 valence electrons. The van der Waals surface area contributed by atoms with Crippen LogP contribution in [0.5, 0.6) is 5.75 Å². The molecule has 0 unspecified atom stereocenters. The molecule has 6 heteroatoms. The van der Waals surface area contributed by atoms with E-state index in [0.29, 0.717) is 17.2 Å². The second-order valence-electron chi connectivity index (χ2n) is 4.90. The Kier molecular flexibility index (Phi) is 4.52. The number of Topliss-reactive ketones (excluding diaryl/α,β-unsaturated/α-hetero) is 1. The number of carbonyl (C=O) groups excluding carboxylic acids is 1. The first-order valence-corrected chi connectivity index (χ1v) is 7.76. The van der Waals surface area contributed by atoms with Gasteiger partial charge in [0.1, 0.15) is 5.75 Å². The van der Waals surface area contributed by atoms with Gasteiger partial charge in [-0.05, 0) is 43.3 Å². The van der Waals surface area contributed by atoms with Gasteiger partial charge in [0, 0.05) is 15.6 Å². The first kappa shape index (κ1) is 15.4. The van der Waals surface area contributed by atoms with Crippen LogP contribution in [-0.4, -0.2) is 22.1 Å². The molecule has 0 aliphatic rings. The summed E-state index contributed by atoms with van der Waals surface area (Å²) in [5.74, 6) is 0.972. The number of aromatic nitrogens is 2. The molecule has 0 radical (unpaired) electrons. The maximum Gasteiger partial charge on any atom is 0.247 e. The van der Waals surface area contributed by atoms with Gasteiger partial charge in [-0.1, -0.05) is 28.1 Å². The van der Waals surface area contributed by atoms with Crippen molar-refractivity contribution in [3.05, 3.63) is 65.0 Å². The average Bonchev–Trinajstić information content (AvgIpc) is 3.10. The van der Waals surface area contributed by atoms with Gasteiger partial charge < -0.3 is 9.15 Å². The zero-order chi connectivity index (χ0) is 16.2. The van der Waals surface area contributed by atoms with Crippen LogP contribution >= 0.6 is 15.9 Å². The summed E-state index contributed by atoms with van der Waals surface area (Å²) in [6.07, 6.45) is 0.698. The quantitative estimate of drug-likeness (QED) is 0.629. The molecule has 0 bridgehead atoms. The number of ether oxygens (including phenoxy) is 1. The van der Waals surface area contributed by atoms with Crippen molar-refractivity contribution >= 4 is 21.7 Å². The zero-order valence-electron chi connectivity index (χ0n) is 12.3. The van der Waals surface area contributed by atoms with Crippen molar-refractivity contribution in [3.63, 3.8) is 0 Å². The molecule has 0 saturated carbocycles. The van der Waals surface area contributed by atoms with E-state index < -0.39 is 6.10 Å². The first-order chi connectivity index (χ1) is 11.1. The predicted molar refractivity (Wildman–Crippen MR) is 88.3 cm³/mol. The molecule has 0 amide bonds. The summed E-state index contributed by atoms with van der Waals surface area (Å²) in [4.78, 5) is 12.3. The summed E-state index contributed by atoms with van der Waals surface area (Å²) < 4.78 is 11.8. The van der Waals surface area contributed by atoms with Crippen LogP contribution in [0.3, 0.4) is 0 Å². The molecular formula is C17H13BrN2O3. The monoisotopic (exact) mass is 372 g/mol. The minimum Gasteiger partial charge on any atom is -0.483 e. The van der Waals surface area contributed by atoms with Crippen molar-refractivity contribution in [2.45, 2.75) is 13.0 Å². The Morgan fingerprint density at radius 1 is 1.13 bits per heavy atom. The van der Waals surface area contributed by atoms with Crippen LogP contribution in [0.25, 0.3) is 11.5 Å². The topological polar surface area (TPSA) is 65.2 Å². The second-order valence-corrected chi connectivity index (χ2v) is 5.82. The number of hydrogen-bond donors (Lipinski definition) is 0. The van der Waals surface area contributed by atoms with Crippen LogP contribution in [0, 0.1) is 0 Å². The molecule has 0 aliphatic carbocycles. The maximum absolute atomic E-state index is 12.3. The van der Waals surface area contributed by atoms with Crippen LogP contribution in [0.1, 0.15) is 17.3 Å². The van der Waals surface area contributed by atoms with Crippen LogP contribution in [0.2, 0.25) is 0 Å². The van der Waals surface area contributed by atoms with Gasteiger partial charge in [-0.3, -0.25) is 4.79 Å². The molecule has 1 aromatic heterocycles. The number of ketones is 1. The van der Waals surface area contributed by atoms with Crippen LogP contribution < -0.4 is 4.74 Å². The third-order valence-electron chi connectivity index (χ3n) is 3.27. The Hall–Kier alpha value is -2.47. The SMILES string of the molecule is C[C@@H](Oc1ccc(-c2nnco2)cc1)C(=O)c1ccc(Br)cc1. The van der Waals surface area contributed by atoms with E-state index in [4.69, 9.17) is 9.15 Å². The van der Waals surface area contributed by atoms with Crippen LogP contribution in [0.15, 0.2) is 63.8 Å². The van der Waals surface area contributed by atoms with E-state index >= 15 is 0 Å². The lowest BCUT2D eigenvalue weighted by molar-refractivity contribution is 0.0818. The highest BCUT2D eigenvalue weighted by atomic mass is 79.9. The lowest BCUT2D eigenvalue weighted by Gasteiger charge is -2.14. The third-order valence-corrected chi connectivity index (χ3v) is 3.80. The predicted octanol–water partition coefficient (Wildman–Crippen LogP) is 4.15. The van der Waals surface area contributed by atoms with E-state index in [2.05, 4.69) is 26.1 Å². The van der Waals surface area contributed by atoms with Crippen molar-refractivity contribution in [1.82, 2.24) is 10.2 Å². The molecule has 3 rings (SSSR count). The van der Waals surface area contributed by atoms with Crippen molar-refractivity contribution in [2.75, 3.05) is 0 Å². The van der Waals surface area contributed by atoms with Crippen molar-refractivity contribution in [2.24, 2.45) is 0 Å². The van der Waals surface area contributed by atoms with Crippen molar-refractivity contribution in [3.8, 4) is 17.2 Å². The summed E-state index contributed by atoms with van der Waals surface area (Å²) >= 11 is 3.35. The molecule has 23 heavy (non-hydrogen) atoms. The third kappa shape index (κ3) is 3.65. The molecule has 3 aromatic rings. The minimum atomic E-state index is -0.578. The van der Waals surface area contributed by atoms with Crippen LogP contribution in [0.4, 0.5) is 0 Å². The molecule has 1 atom stereocenters. The van der Waals surface area contributed by atoms with E-state index in [1.165, 1.54) is 6.39 Å². The Bertz CT molecular complexity index is 784. The van der Waals surface area contributed by atoms with E-state index in [1.807, 2.05) is 12.1 Å². The van der Waals surface area contributed by atoms with E-state index in [0.717, 1.165) is 10.0 Å². The largest absolute Gasteiger partial charge is 0.483 e.